The van der Waals surface area contributed by atoms with Crippen molar-refractivity contribution < 1.29 is 22.4 Å². The summed E-state index contributed by atoms with van der Waals surface area (Å²) in [6.45, 7) is -0.449. The number of hydrogen-bond donors (Lipinski definition) is 1. The molecule has 5 rings (SSSR count). The average Bonchev–Trinajstić information content (AvgIpc) is 2.94. The minimum Gasteiger partial charge on any atom is -0.351 e. The quantitative estimate of drug-likeness (QED) is 0.815. The van der Waals surface area contributed by atoms with Gasteiger partial charge in [-0.1, -0.05) is 0 Å². The van der Waals surface area contributed by atoms with Gasteiger partial charge in [-0.3, -0.25) is 9.48 Å². The first kappa shape index (κ1) is 16.8. The molecular formula is C17H21F4N3O. The fourth-order valence-corrected chi connectivity index (χ4v) is 5.39. The first-order valence-electron chi connectivity index (χ1n) is 8.84. The number of carbonyl (C=O) groups excluding carboxylic acids is 1. The number of hydrogen-bond acceptors (Lipinski definition) is 2. The zero-order valence-electron chi connectivity index (χ0n) is 13.7. The first-order valence-corrected chi connectivity index (χ1v) is 8.84. The third kappa shape index (κ3) is 3.15. The monoisotopic (exact) mass is 359 g/mol. The fraction of sp³-hybridized carbons (Fsp3) is 0.765. The molecule has 138 valence electrons. The SMILES string of the molecule is O=C(Cn1nc(C(F)F)cc1C(F)F)NC1C2CC3CC(C2)CC1C3. The molecule has 4 fully saturated rings. The summed E-state index contributed by atoms with van der Waals surface area (Å²) < 4.78 is 52.1. The van der Waals surface area contributed by atoms with Gasteiger partial charge in [0, 0.05) is 6.04 Å². The number of carbonyl (C=O) groups is 1. The van der Waals surface area contributed by atoms with Crippen LogP contribution in [0.2, 0.25) is 0 Å². The topological polar surface area (TPSA) is 46.9 Å². The molecule has 0 unspecified atom stereocenters. The van der Waals surface area contributed by atoms with E-state index in [1.54, 1.807) is 0 Å². The molecule has 0 saturated heterocycles. The summed E-state index contributed by atoms with van der Waals surface area (Å²) in [6, 6.07) is 0.756. The van der Waals surface area contributed by atoms with Crippen LogP contribution < -0.4 is 5.32 Å². The van der Waals surface area contributed by atoms with Gasteiger partial charge >= 0.3 is 0 Å². The van der Waals surface area contributed by atoms with Crippen LogP contribution in [0.25, 0.3) is 0 Å². The zero-order valence-corrected chi connectivity index (χ0v) is 13.7. The molecule has 0 spiro atoms. The van der Waals surface area contributed by atoms with Gasteiger partial charge in [-0.15, -0.1) is 0 Å². The minimum absolute atomic E-state index is 0.0837. The van der Waals surface area contributed by atoms with E-state index in [1.807, 2.05) is 0 Å². The van der Waals surface area contributed by atoms with Gasteiger partial charge in [-0.05, 0) is 61.8 Å². The lowest BCUT2D eigenvalue weighted by atomic mass is 9.54. The second-order valence-corrected chi connectivity index (χ2v) is 7.78. The molecule has 4 aliphatic carbocycles. The van der Waals surface area contributed by atoms with Crippen molar-refractivity contribution in [3.05, 3.63) is 17.5 Å². The molecule has 4 bridgehead atoms. The zero-order chi connectivity index (χ0) is 17.7. The molecule has 0 aliphatic heterocycles. The lowest BCUT2D eigenvalue weighted by molar-refractivity contribution is -0.125. The molecule has 1 amide bonds. The molecule has 1 N–H and O–H groups in total. The van der Waals surface area contributed by atoms with E-state index in [9.17, 15) is 22.4 Å². The molecular weight excluding hydrogens is 338 g/mol. The molecule has 0 radical (unpaired) electrons. The lowest BCUT2D eigenvalue weighted by Crippen LogP contribution is -2.56. The summed E-state index contributed by atoms with van der Waals surface area (Å²) in [6.07, 6.45) is -0.0978. The second-order valence-electron chi connectivity index (χ2n) is 7.78. The highest BCUT2D eigenvalue weighted by atomic mass is 19.3. The molecule has 0 atom stereocenters. The Hall–Kier alpha value is -1.60. The number of halogens is 4. The maximum Gasteiger partial charge on any atom is 0.282 e. The normalized spacial score (nSPS) is 33.4. The van der Waals surface area contributed by atoms with Crippen LogP contribution >= 0.6 is 0 Å². The molecule has 25 heavy (non-hydrogen) atoms. The maximum absolute atomic E-state index is 13.0. The summed E-state index contributed by atoms with van der Waals surface area (Å²) in [5.41, 5.74) is -1.37. The van der Waals surface area contributed by atoms with Crippen LogP contribution in [-0.4, -0.2) is 21.7 Å². The number of nitrogens with one attached hydrogen (secondary N) is 1. The number of amides is 1. The standard InChI is InChI=1S/C17H21F4N3O/c18-16(19)12-6-13(17(20)21)24(23-12)7-14(25)22-15-10-2-8-1-9(4-10)5-11(15)3-8/h6,8-11,15-17H,1-5,7H2,(H,22,25). The van der Waals surface area contributed by atoms with Crippen molar-refractivity contribution in [3.8, 4) is 0 Å². The number of nitrogens with zero attached hydrogens (tertiary/aromatic N) is 2. The van der Waals surface area contributed by atoms with Gasteiger partial charge in [-0.25, -0.2) is 17.6 Å². The Bertz CT molecular complexity index is 632. The summed E-state index contributed by atoms with van der Waals surface area (Å²) in [5, 5.41) is 6.46. The van der Waals surface area contributed by atoms with Crippen LogP contribution in [0.1, 0.15) is 56.3 Å². The Morgan fingerprint density at radius 1 is 1.08 bits per heavy atom. The smallest absolute Gasteiger partial charge is 0.282 e. The third-order valence-electron chi connectivity index (χ3n) is 6.12. The van der Waals surface area contributed by atoms with Crippen LogP contribution in [0, 0.1) is 23.7 Å². The van der Waals surface area contributed by atoms with Crippen molar-refractivity contribution in [2.24, 2.45) is 23.7 Å². The van der Waals surface area contributed by atoms with Crippen LogP contribution in [0.4, 0.5) is 17.6 Å². The number of rotatable bonds is 5. The molecule has 4 aliphatic rings. The largest absolute Gasteiger partial charge is 0.351 e. The van der Waals surface area contributed by atoms with E-state index in [0.717, 1.165) is 37.5 Å². The molecule has 8 heteroatoms. The molecule has 4 saturated carbocycles. The third-order valence-corrected chi connectivity index (χ3v) is 6.12. The van der Waals surface area contributed by atoms with Crippen molar-refractivity contribution >= 4 is 5.91 Å². The number of aromatic nitrogens is 2. The fourth-order valence-electron chi connectivity index (χ4n) is 5.39. The van der Waals surface area contributed by atoms with Gasteiger partial charge in [-0.2, -0.15) is 5.10 Å². The Labute approximate surface area is 143 Å². The predicted molar refractivity (Wildman–Crippen MR) is 81.1 cm³/mol. The van der Waals surface area contributed by atoms with E-state index in [0.29, 0.717) is 22.6 Å². The van der Waals surface area contributed by atoms with E-state index >= 15 is 0 Å². The van der Waals surface area contributed by atoms with Gasteiger partial charge in [0.25, 0.3) is 12.9 Å². The second kappa shape index (κ2) is 6.29. The van der Waals surface area contributed by atoms with Crippen molar-refractivity contribution in [2.45, 2.75) is 57.5 Å². The lowest BCUT2D eigenvalue weighted by Gasteiger charge is -2.54. The summed E-state index contributed by atoms with van der Waals surface area (Å²) in [5.74, 6) is 2.03. The Kier molecular flexibility index (Phi) is 4.24. The highest BCUT2D eigenvalue weighted by molar-refractivity contribution is 5.76. The van der Waals surface area contributed by atoms with Crippen molar-refractivity contribution in [3.63, 3.8) is 0 Å². The van der Waals surface area contributed by atoms with Crippen molar-refractivity contribution in [1.82, 2.24) is 15.1 Å². The number of alkyl halides is 4. The van der Waals surface area contributed by atoms with E-state index < -0.39 is 36.7 Å². The van der Waals surface area contributed by atoms with Crippen LogP contribution in [0.3, 0.4) is 0 Å². The highest BCUT2D eigenvalue weighted by Crippen LogP contribution is 2.53. The van der Waals surface area contributed by atoms with Crippen molar-refractivity contribution in [2.75, 3.05) is 0 Å². The maximum atomic E-state index is 13.0. The van der Waals surface area contributed by atoms with Gasteiger partial charge in [0.15, 0.2) is 0 Å². The van der Waals surface area contributed by atoms with Crippen LogP contribution in [-0.2, 0) is 11.3 Å². The van der Waals surface area contributed by atoms with Gasteiger partial charge in [0.2, 0.25) is 5.91 Å². The van der Waals surface area contributed by atoms with E-state index in [-0.39, 0.29) is 6.04 Å². The van der Waals surface area contributed by atoms with Gasteiger partial charge < -0.3 is 5.32 Å². The Morgan fingerprint density at radius 3 is 2.20 bits per heavy atom. The summed E-state index contributed by atoms with van der Waals surface area (Å²) in [7, 11) is 0. The Morgan fingerprint density at radius 2 is 1.68 bits per heavy atom. The minimum atomic E-state index is -2.95. The first-order chi connectivity index (χ1) is 11.9. The molecule has 1 heterocycles. The summed E-state index contributed by atoms with van der Waals surface area (Å²) in [4.78, 5) is 12.4. The van der Waals surface area contributed by atoms with Gasteiger partial charge in [0.05, 0.1) is 0 Å². The predicted octanol–water partition coefficient (Wildman–Crippen LogP) is 3.70. The molecule has 0 aromatic carbocycles. The average molecular weight is 359 g/mol. The van der Waals surface area contributed by atoms with Crippen LogP contribution in [0.15, 0.2) is 6.07 Å². The molecule has 4 nitrogen and oxygen atoms in total. The van der Waals surface area contributed by atoms with E-state index in [4.69, 9.17) is 0 Å². The highest BCUT2D eigenvalue weighted by Gasteiger charge is 2.48. The Balaban J connectivity index is 1.44. The van der Waals surface area contributed by atoms with Crippen molar-refractivity contribution in [1.29, 1.82) is 0 Å². The van der Waals surface area contributed by atoms with E-state index in [1.165, 1.54) is 6.42 Å². The molecule has 1 aromatic heterocycles. The van der Waals surface area contributed by atoms with Crippen LogP contribution in [0.5, 0.6) is 0 Å². The van der Waals surface area contributed by atoms with E-state index in [2.05, 4.69) is 10.4 Å². The summed E-state index contributed by atoms with van der Waals surface area (Å²) >= 11 is 0. The van der Waals surface area contributed by atoms with Gasteiger partial charge in [0.1, 0.15) is 17.9 Å². The molecule has 1 aromatic rings.